The molecule has 0 aliphatic heterocycles. The Morgan fingerprint density at radius 1 is 1.50 bits per heavy atom. The molecule has 0 aromatic carbocycles. The summed E-state index contributed by atoms with van der Waals surface area (Å²) in [4.78, 5) is 21.1. The fourth-order valence-electron chi connectivity index (χ4n) is 0.0645. The van der Waals surface area contributed by atoms with Crippen molar-refractivity contribution in [1.82, 2.24) is 0 Å². The maximum Gasteiger partial charge on any atom is 0.235 e. The second-order valence-corrected chi connectivity index (χ2v) is 0.552. The minimum Gasteiger partial charge on any atom is -0.289 e. The summed E-state index contributed by atoms with van der Waals surface area (Å²) in [5, 5.41) is 0. The molecule has 0 fully saturated rings. The average Bonchev–Trinajstić information content (AvgIpc) is 1.61. The Kier molecular flexibility index (Phi) is 3.41. The summed E-state index contributed by atoms with van der Waals surface area (Å²) in [5.41, 5.74) is 0. The van der Waals surface area contributed by atoms with Gasteiger partial charge in [0.25, 0.3) is 0 Å². The number of aliphatic imine (C=N–C) groups is 1. The van der Waals surface area contributed by atoms with Gasteiger partial charge < -0.3 is 0 Å². The maximum atomic E-state index is 9.17. The van der Waals surface area contributed by atoms with Gasteiger partial charge in [-0.05, 0) is 0 Å². The zero-order valence-electron chi connectivity index (χ0n) is 2.97. The van der Waals surface area contributed by atoms with Gasteiger partial charge in [0.1, 0.15) is 6.54 Å². The summed E-state index contributed by atoms with van der Waals surface area (Å²) in [6, 6.07) is 0. The summed E-state index contributed by atoms with van der Waals surface area (Å²) in [7, 11) is 0. The van der Waals surface area contributed by atoms with Crippen LogP contribution in [0.2, 0.25) is 0 Å². The predicted octanol–water partition coefficient (Wildman–Crippen LogP) is -0.568. The second kappa shape index (κ2) is 4.05. The van der Waals surface area contributed by atoms with Gasteiger partial charge in [0.15, 0.2) is 0 Å². The van der Waals surface area contributed by atoms with Crippen LogP contribution in [0.25, 0.3) is 0 Å². The van der Waals surface area contributed by atoms with E-state index in [9.17, 15) is 0 Å². The van der Waals surface area contributed by atoms with Crippen molar-refractivity contribution in [2.45, 2.75) is 0 Å². The summed E-state index contributed by atoms with van der Waals surface area (Å²) in [6.45, 7) is -0.191. The van der Waals surface area contributed by atoms with Crippen LogP contribution in [0.15, 0.2) is 4.99 Å². The van der Waals surface area contributed by atoms with E-state index < -0.39 is 0 Å². The molecule has 6 heavy (non-hydrogen) atoms. The lowest BCUT2D eigenvalue weighted by molar-refractivity contribution is 0.552. The molecule has 0 aromatic heterocycles. The molecule has 0 saturated carbocycles. The quantitative estimate of drug-likeness (QED) is 0.332. The Morgan fingerprint density at radius 2 is 2.17 bits per heavy atom. The van der Waals surface area contributed by atoms with Gasteiger partial charge in [0.2, 0.25) is 12.4 Å². The lowest BCUT2D eigenvalue weighted by atomic mass is 10.8. The Balaban J connectivity index is 3.07. The zero-order chi connectivity index (χ0) is 4.83. The third-order valence-electron chi connectivity index (χ3n) is 0.208. The summed E-state index contributed by atoms with van der Waals surface area (Å²) in [5.74, 6) is 0. The van der Waals surface area contributed by atoms with Crippen molar-refractivity contribution in [1.29, 1.82) is 0 Å². The Labute approximate surface area is 34.7 Å². The first-order chi connectivity index (χ1) is 2.91. The lowest BCUT2D eigenvalue weighted by Crippen LogP contribution is -1.74. The Hall–Kier alpha value is -0.950. The molecule has 0 rings (SSSR count). The highest BCUT2D eigenvalue weighted by molar-refractivity contribution is 5.55. The maximum absolute atomic E-state index is 9.17. The lowest BCUT2D eigenvalue weighted by Gasteiger charge is -1.57. The van der Waals surface area contributed by atoms with Crippen molar-refractivity contribution in [3.05, 3.63) is 0 Å². The number of rotatable bonds is 2. The average molecular weight is 84.1 g/mol. The van der Waals surface area contributed by atoms with E-state index in [0.717, 1.165) is 0 Å². The number of carbonyl (C=O) groups excluding carboxylic acids is 2. The molecule has 3 heteroatoms. The normalized spacial score (nSPS) is 6.00. The largest absolute Gasteiger partial charge is 0.289 e. The fourth-order valence-corrected chi connectivity index (χ4v) is 0.0645. The van der Waals surface area contributed by atoms with E-state index in [-0.39, 0.29) is 6.54 Å². The highest BCUT2D eigenvalue weighted by Crippen LogP contribution is 1.50. The summed E-state index contributed by atoms with van der Waals surface area (Å²) < 4.78 is 0. The van der Waals surface area contributed by atoms with Gasteiger partial charge in [-0.1, -0.05) is 0 Å². The summed E-state index contributed by atoms with van der Waals surface area (Å²) >= 11 is 0. The molecule has 3 nitrogen and oxygen atoms in total. The number of hydrogen-bond donors (Lipinski definition) is 0. The topological polar surface area (TPSA) is 46.5 Å². The second-order valence-electron chi connectivity index (χ2n) is 0.552. The predicted molar refractivity (Wildman–Crippen MR) is 18.7 cm³/mol. The SMILES string of the molecule is O=[C]CN=C=O. The summed E-state index contributed by atoms with van der Waals surface area (Å²) in [6.07, 6.45) is 2.57. The van der Waals surface area contributed by atoms with Crippen LogP contribution in [0.4, 0.5) is 0 Å². The molecule has 0 unspecified atom stereocenters. The van der Waals surface area contributed by atoms with E-state index in [1.807, 2.05) is 0 Å². The van der Waals surface area contributed by atoms with Crippen LogP contribution in [0.1, 0.15) is 0 Å². The van der Waals surface area contributed by atoms with Crippen LogP contribution < -0.4 is 0 Å². The van der Waals surface area contributed by atoms with Gasteiger partial charge in [-0.2, -0.15) is 4.99 Å². The minimum absolute atomic E-state index is 0.191. The number of nitrogens with zero attached hydrogens (tertiary/aromatic N) is 1. The highest BCUT2D eigenvalue weighted by Gasteiger charge is 1.66. The van der Waals surface area contributed by atoms with Crippen LogP contribution in [0.3, 0.4) is 0 Å². The molecule has 0 N–H and O–H groups in total. The third-order valence-corrected chi connectivity index (χ3v) is 0.208. The van der Waals surface area contributed by atoms with Gasteiger partial charge in [-0.3, -0.25) is 4.79 Å². The molecule has 0 aliphatic rings. The van der Waals surface area contributed by atoms with E-state index in [0.29, 0.717) is 0 Å². The first-order valence-corrected chi connectivity index (χ1v) is 1.30. The van der Waals surface area contributed by atoms with Crippen LogP contribution >= 0.6 is 0 Å². The van der Waals surface area contributed by atoms with Crippen molar-refractivity contribution in [3.63, 3.8) is 0 Å². The molecular formula is C3H2NO2. The molecule has 0 atom stereocenters. The Bertz CT molecular complexity index is 82.8. The van der Waals surface area contributed by atoms with Gasteiger partial charge in [0.05, 0.1) is 0 Å². The monoisotopic (exact) mass is 84.0 g/mol. The molecule has 0 heterocycles. The van der Waals surface area contributed by atoms with Crippen LogP contribution in [0, 0.1) is 0 Å². The van der Waals surface area contributed by atoms with Gasteiger partial charge in [-0.25, -0.2) is 4.79 Å². The van der Waals surface area contributed by atoms with E-state index in [4.69, 9.17) is 9.59 Å². The Morgan fingerprint density at radius 3 is 2.33 bits per heavy atom. The fraction of sp³-hybridized carbons (Fsp3) is 0.333. The van der Waals surface area contributed by atoms with Crippen molar-refractivity contribution >= 4 is 12.4 Å². The molecule has 0 spiro atoms. The van der Waals surface area contributed by atoms with Crippen molar-refractivity contribution in [2.75, 3.05) is 6.54 Å². The first kappa shape index (κ1) is 5.05. The number of hydrogen-bond acceptors (Lipinski definition) is 3. The molecule has 0 amide bonds. The van der Waals surface area contributed by atoms with Crippen LogP contribution in [-0.4, -0.2) is 18.9 Å². The molecular weight excluding hydrogens is 82.0 g/mol. The van der Waals surface area contributed by atoms with E-state index in [2.05, 4.69) is 4.99 Å². The molecule has 0 aliphatic carbocycles. The van der Waals surface area contributed by atoms with Gasteiger partial charge >= 0.3 is 0 Å². The number of isocyanates is 1. The van der Waals surface area contributed by atoms with Crippen molar-refractivity contribution in [3.8, 4) is 0 Å². The van der Waals surface area contributed by atoms with E-state index in [1.54, 1.807) is 0 Å². The van der Waals surface area contributed by atoms with Crippen LogP contribution in [0.5, 0.6) is 0 Å². The van der Waals surface area contributed by atoms with Gasteiger partial charge in [-0.15, -0.1) is 0 Å². The minimum atomic E-state index is -0.191. The van der Waals surface area contributed by atoms with Gasteiger partial charge in [0, 0.05) is 0 Å². The van der Waals surface area contributed by atoms with Crippen LogP contribution in [-0.2, 0) is 9.59 Å². The van der Waals surface area contributed by atoms with E-state index >= 15 is 0 Å². The standard InChI is InChI=1S/C3H2NO2/c5-2-1-4-3-6/h1H2. The zero-order valence-corrected chi connectivity index (χ0v) is 2.97. The van der Waals surface area contributed by atoms with E-state index in [1.165, 1.54) is 12.4 Å². The molecule has 0 aromatic rings. The smallest absolute Gasteiger partial charge is 0.235 e. The highest BCUT2D eigenvalue weighted by atomic mass is 16.1. The third kappa shape index (κ3) is 3.05. The molecule has 0 saturated heterocycles. The van der Waals surface area contributed by atoms with Crippen molar-refractivity contribution in [2.24, 2.45) is 4.99 Å². The molecule has 31 valence electrons. The molecule has 1 radical (unpaired) electrons. The first-order valence-electron chi connectivity index (χ1n) is 1.30. The molecule has 0 bridgehead atoms. The van der Waals surface area contributed by atoms with Crippen molar-refractivity contribution < 1.29 is 9.59 Å².